The summed E-state index contributed by atoms with van der Waals surface area (Å²) in [5.74, 6) is 0.676. The van der Waals surface area contributed by atoms with Gasteiger partial charge in [0, 0.05) is 31.7 Å². The summed E-state index contributed by atoms with van der Waals surface area (Å²) in [4.78, 5) is 28.6. The maximum atomic E-state index is 12.9. The molecule has 0 atom stereocenters. The molecule has 5 rings (SSSR count). The summed E-state index contributed by atoms with van der Waals surface area (Å²) in [6.45, 7) is 1.92. The molecule has 2 aliphatic carbocycles. The summed E-state index contributed by atoms with van der Waals surface area (Å²) in [5.41, 5.74) is 1.62. The van der Waals surface area contributed by atoms with Crippen molar-refractivity contribution in [1.29, 1.82) is 0 Å². The summed E-state index contributed by atoms with van der Waals surface area (Å²) in [6, 6.07) is 15.7. The van der Waals surface area contributed by atoms with Gasteiger partial charge in [0.2, 0.25) is 0 Å². The third kappa shape index (κ3) is 3.92. The SMILES string of the molecule is O=C(c1ccc(-c2cccc(OC3CC3)c2)cc1)N1CCN(C(=O)C2(O)CC2)CC1. The second-order valence-electron chi connectivity index (χ2n) is 8.54. The number of amides is 2. The number of carbonyl (C=O) groups is 2. The van der Waals surface area contributed by atoms with Crippen LogP contribution in [0.2, 0.25) is 0 Å². The Morgan fingerprint density at radius 1 is 0.900 bits per heavy atom. The van der Waals surface area contributed by atoms with E-state index in [0.29, 0.717) is 50.7 Å². The zero-order valence-corrected chi connectivity index (χ0v) is 16.9. The van der Waals surface area contributed by atoms with Crippen LogP contribution in [0.1, 0.15) is 36.0 Å². The third-order valence-corrected chi connectivity index (χ3v) is 6.10. The minimum Gasteiger partial charge on any atom is -0.490 e. The maximum Gasteiger partial charge on any atom is 0.254 e. The largest absolute Gasteiger partial charge is 0.490 e. The molecular formula is C24H26N2O4. The normalized spacial score (nSPS) is 20.0. The molecule has 2 saturated carbocycles. The Hall–Kier alpha value is -2.86. The average Bonchev–Trinajstić information content (AvgIpc) is 3.72. The molecule has 156 valence electrons. The fourth-order valence-electron chi connectivity index (χ4n) is 3.85. The van der Waals surface area contributed by atoms with Crippen LogP contribution in [0.4, 0.5) is 0 Å². The van der Waals surface area contributed by atoms with Gasteiger partial charge in [0.05, 0.1) is 6.10 Å². The Balaban J connectivity index is 1.21. The standard InChI is InChI=1S/C24H26N2O4/c27-22(25-12-14-26(15-13-25)23(28)24(29)10-11-24)18-6-4-17(5-7-18)19-2-1-3-21(16-19)30-20-8-9-20/h1-7,16,20,29H,8-15H2. The molecule has 3 fully saturated rings. The number of ether oxygens (including phenoxy) is 1. The molecule has 1 heterocycles. The molecule has 0 aromatic heterocycles. The number of hydrogen-bond donors (Lipinski definition) is 1. The van der Waals surface area contributed by atoms with Gasteiger partial charge in [-0.05, 0) is 61.1 Å². The fourth-order valence-corrected chi connectivity index (χ4v) is 3.85. The van der Waals surface area contributed by atoms with E-state index < -0.39 is 5.60 Å². The van der Waals surface area contributed by atoms with Crippen LogP contribution in [0, 0.1) is 0 Å². The molecule has 0 radical (unpaired) electrons. The van der Waals surface area contributed by atoms with Crippen molar-refractivity contribution in [2.45, 2.75) is 37.4 Å². The Bertz CT molecular complexity index is 955. The van der Waals surface area contributed by atoms with E-state index in [0.717, 1.165) is 29.7 Å². The van der Waals surface area contributed by atoms with E-state index in [1.165, 1.54) is 0 Å². The topological polar surface area (TPSA) is 70.1 Å². The van der Waals surface area contributed by atoms with Crippen molar-refractivity contribution in [3.63, 3.8) is 0 Å². The van der Waals surface area contributed by atoms with E-state index in [1.807, 2.05) is 48.5 Å². The molecule has 2 aromatic rings. The first-order valence-corrected chi connectivity index (χ1v) is 10.7. The molecule has 0 spiro atoms. The van der Waals surface area contributed by atoms with Gasteiger partial charge >= 0.3 is 0 Å². The van der Waals surface area contributed by atoms with Gasteiger partial charge in [0.25, 0.3) is 11.8 Å². The second-order valence-corrected chi connectivity index (χ2v) is 8.54. The Kier molecular flexibility index (Phi) is 4.74. The van der Waals surface area contributed by atoms with E-state index in [9.17, 15) is 14.7 Å². The van der Waals surface area contributed by atoms with E-state index in [4.69, 9.17) is 4.74 Å². The Morgan fingerprint density at radius 2 is 1.57 bits per heavy atom. The number of benzene rings is 2. The summed E-state index contributed by atoms with van der Waals surface area (Å²) in [7, 11) is 0. The van der Waals surface area contributed by atoms with Crippen molar-refractivity contribution in [2.75, 3.05) is 26.2 Å². The van der Waals surface area contributed by atoms with Crippen molar-refractivity contribution in [2.24, 2.45) is 0 Å². The zero-order valence-electron chi connectivity index (χ0n) is 16.9. The molecule has 1 saturated heterocycles. The van der Waals surface area contributed by atoms with Gasteiger partial charge < -0.3 is 19.6 Å². The van der Waals surface area contributed by atoms with Crippen LogP contribution in [0.5, 0.6) is 5.75 Å². The van der Waals surface area contributed by atoms with Crippen LogP contribution in [0.15, 0.2) is 48.5 Å². The number of piperazine rings is 1. The number of carbonyl (C=O) groups excluding carboxylic acids is 2. The first-order valence-electron chi connectivity index (χ1n) is 10.7. The van der Waals surface area contributed by atoms with Gasteiger partial charge in [-0.1, -0.05) is 24.3 Å². The molecule has 6 heteroatoms. The highest BCUT2D eigenvalue weighted by Gasteiger charge is 2.50. The van der Waals surface area contributed by atoms with Crippen molar-refractivity contribution in [1.82, 2.24) is 9.80 Å². The number of rotatable bonds is 5. The molecule has 2 amide bonds. The van der Waals surface area contributed by atoms with E-state index in [-0.39, 0.29) is 11.8 Å². The summed E-state index contributed by atoms with van der Waals surface area (Å²) >= 11 is 0. The van der Waals surface area contributed by atoms with Crippen LogP contribution < -0.4 is 4.74 Å². The second kappa shape index (κ2) is 7.43. The average molecular weight is 406 g/mol. The van der Waals surface area contributed by atoms with Crippen LogP contribution in [-0.2, 0) is 4.79 Å². The smallest absolute Gasteiger partial charge is 0.254 e. The monoisotopic (exact) mass is 406 g/mol. The Labute approximate surface area is 176 Å². The van der Waals surface area contributed by atoms with Gasteiger partial charge in [0.15, 0.2) is 0 Å². The van der Waals surface area contributed by atoms with Gasteiger partial charge in [-0.3, -0.25) is 9.59 Å². The lowest BCUT2D eigenvalue weighted by Gasteiger charge is -2.35. The molecule has 0 bridgehead atoms. The predicted octanol–water partition coefficient (Wildman–Crippen LogP) is 2.70. The zero-order chi connectivity index (χ0) is 20.7. The van der Waals surface area contributed by atoms with Gasteiger partial charge in [-0.25, -0.2) is 0 Å². The molecule has 6 nitrogen and oxygen atoms in total. The molecule has 1 N–H and O–H groups in total. The molecule has 2 aromatic carbocycles. The highest BCUT2D eigenvalue weighted by atomic mass is 16.5. The molecule has 0 unspecified atom stereocenters. The van der Waals surface area contributed by atoms with Gasteiger partial charge in [-0.15, -0.1) is 0 Å². The minimum atomic E-state index is -1.14. The van der Waals surface area contributed by atoms with Gasteiger partial charge in [0.1, 0.15) is 11.4 Å². The highest BCUT2D eigenvalue weighted by Crippen LogP contribution is 2.37. The number of nitrogens with zero attached hydrogens (tertiary/aromatic N) is 2. The molecule has 30 heavy (non-hydrogen) atoms. The fraction of sp³-hybridized carbons (Fsp3) is 0.417. The highest BCUT2D eigenvalue weighted by molar-refractivity contribution is 5.95. The summed E-state index contributed by atoms with van der Waals surface area (Å²) in [6.07, 6.45) is 3.72. The minimum absolute atomic E-state index is 0.0235. The van der Waals surface area contributed by atoms with Crippen LogP contribution in [0.3, 0.4) is 0 Å². The van der Waals surface area contributed by atoms with E-state index in [2.05, 4.69) is 0 Å². The van der Waals surface area contributed by atoms with Crippen molar-refractivity contribution >= 4 is 11.8 Å². The predicted molar refractivity (Wildman–Crippen MR) is 112 cm³/mol. The van der Waals surface area contributed by atoms with Crippen molar-refractivity contribution in [3.05, 3.63) is 54.1 Å². The first kappa shape index (κ1) is 19.1. The lowest BCUT2D eigenvalue weighted by atomic mass is 10.0. The van der Waals surface area contributed by atoms with Crippen LogP contribution in [0.25, 0.3) is 11.1 Å². The molecule has 1 aliphatic heterocycles. The lowest BCUT2D eigenvalue weighted by molar-refractivity contribution is -0.143. The Morgan fingerprint density at radius 3 is 2.20 bits per heavy atom. The number of hydrogen-bond acceptors (Lipinski definition) is 4. The quantitative estimate of drug-likeness (QED) is 0.829. The molecule has 3 aliphatic rings. The van der Waals surface area contributed by atoms with Crippen molar-refractivity contribution < 1.29 is 19.4 Å². The van der Waals surface area contributed by atoms with Crippen LogP contribution in [-0.4, -0.2) is 64.6 Å². The van der Waals surface area contributed by atoms with Crippen molar-refractivity contribution in [3.8, 4) is 16.9 Å². The first-order chi connectivity index (χ1) is 14.5. The van der Waals surface area contributed by atoms with E-state index in [1.54, 1.807) is 9.80 Å². The van der Waals surface area contributed by atoms with Crippen LogP contribution >= 0.6 is 0 Å². The maximum absolute atomic E-state index is 12.9. The number of aliphatic hydroxyl groups is 1. The van der Waals surface area contributed by atoms with Gasteiger partial charge in [-0.2, -0.15) is 0 Å². The summed E-state index contributed by atoms with van der Waals surface area (Å²) in [5, 5.41) is 10.0. The third-order valence-electron chi connectivity index (χ3n) is 6.10. The lowest BCUT2D eigenvalue weighted by Crippen LogP contribution is -2.53. The van der Waals surface area contributed by atoms with E-state index >= 15 is 0 Å². The molecular weight excluding hydrogens is 380 g/mol. The summed E-state index contributed by atoms with van der Waals surface area (Å²) < 4.78 is 5.87.